The highest BCUT2D eigenvalue weighted by atomic mass is 19.4. The number of carbonyl (C=O) groups is 1. The lowest BCUT2D eigenvalue weighted by Gasteiger charge is -2.09. The van der Waals surface area contributed by atoms with Crippen molar-refractivity contribution in [2.45, 2.75) is 32.5 Å². The Morgan fingerprint density at radius 1 is 1.36 bits per heavy atom. The van der Waals surface area contributed by atoms with Crippen molar-refractivity contribution in [2.24, 2.45) is 7.05 Å². The van der Waals surface area contributed by atoms with Gasteiger partial charge in [-0.3, -0.25) is 14.5 Å². The normalized spacial score (nSPS) is 12.8. The van der Waals surface area contributed by atoms with Crippen molar-refractivity contribution in [3.8, 4) is 11.4 Å². The second-order valence-electron chi connectivity index (χ2n) is 6.08. The van der Waals surface area contributed by atoms with Gasteiger partial charge in [0.15, 0.2) is 5.69 Å². The average molecular weight is 394 g/mol. The summed E-state index contributed by atoms with van der Waals surface area (Å²) in [6.45, 7) is 3.55. The number of nitrogens with one attached hydrogen (secondary N) is 1. The zero-order valence-electron chi connectivity index (χ0n) is 15.3. The summed E-state index contributed by atoms with van der Waals surface area (Å²) in [4.78, 5) is 20.8. The highest BCUT2D eigenvalue weighted by Gasteiger charge is 2.35. The molecule has 28 heavy (non-hydrogen) atoms. The van der Waals surface area contributed by atoms with Crippen LogP contribution in [-0.4, -0.2) is 30.8 Å². The molecule has 0 bridgehead atoms. The number of carbonyl (C=O) groups excluding carboxylic acids is 1. The monoisotopic (exact) mass is 394 g/mol. The molecule has 1 atom stereocenters. The van der Waals surface area contributed by atoms with Gasteiger partial charge in [-0.1, -0.05) is 12.1 Å². The van der Waals surface area contributed by atoms with E-state index in [0.29, 0.717) is 17.5 Å². The van der Waals surface area contributed by atoms with E-state index < -0.39 is 23.8 Å². The van der Waals surface area contributed by atoms with Crippen LogP contribution in [0.5, 0.6) is 0 Å². The van der Waals surface area contributed by atoms with E-state index >= 15 is 0 Å². The van der Waals surface area contributed by atoms with E-state index in [2.05, 4.69) is 25.5 Å². The van der Waals surface area contributed by atoms with E-state index in [0.717, 1.165) is 16.8 Å². The molecule has 3 rings (SSSR count). The lowest BCUT2D eigenvalue weighted by atomic mass is 10.2. The zero-order chi connectivity index (χ0) is 20.5. The molecule has 11 heteroatoms. The van der Waals surface area contributed by atoms with Crippen molar-refractivity contribution in [2.75, 3.05) is 0 Å². The van der Waals surface area contributed by atoms with Crippen molar-refractivity contribution in [1.82, 2.24) is 30.2 Å². The third-order valence-corrected chi connectivity index (χ3v) is 4.00. The quantitative estimate of drug-likeness (QED) is 0.714. The van der Waals surface area contributed by atoms with E-state index in [-0.39, 0.29) is 11.6 Å². The Hall–Kier alpha value is -3.24. The minimum absolute atomic E-state index is 0.122. The minimum Gasteiger partial charge on any atom is -0.339 e. The van der Waals surface area contributed by atoms with Crippen LogP contribution in [0.4, 0.5) is 13.2 Å². The van der Waals surface area contributed by atoms with Crippen molar-refractivity contribution in [1.29, 1.82) is 0 Å². The Morgan fingerprint density at radius 3 is 2.75 bits per heavy atom. The number of aryl methyl sites for hydroxylation is 2. The van der Waals surface area contributed by atoms with Crippen LogP contribution in [0.15, 0.2) is 28.9 Å². The molecule has 148 valence electrons. The lowest BCUT2D eigenvalue weighted by molar-refractivity contribution is -0.141. The fourth-order valence-corrected chi connectivity index (χ4v) is 2.49. The molecule has 0 aliphatic rings. The molecule has 0 radical (unpaired) electrons. The number of amides is 1. The highest BCUT2D eigenvalue weighted by molar-refractivity contribution is 5.92. The van der Waals surface area contributed by atoms with Gasteiger partial charge in [0.2, 0.25) is 11.7 Å². The second kappa shape index (κ2) is 7.41. The minimum atomic E-state index is -4.63. The van der Waals surface area contributed by atoms with Gasteiger partial charge in [-0.25, -0.2) is 0 Å². The Morgan fingerprint density at radius 2 is 2.11 bits per heavy atom. The summed E-state index contributed by atoms with van der Waals surface area (Å²) in [5.41, 5.74) is 0.196. The van der Waals surface area contributed by atoms with E-state index in [1.165, 1.54) is 7.05 Å². The van der Waals surface area contributed by atoms with Crippen molar-refractivity contribution in [3.63, 3.8) is 0 Å². The van der Waals surface area contributed by atoms with Gasteiger partial charge < -0.3 is 9.84 Å². The first kappa shape index (κ1) is 19.5. The largest absolute Gasteiger partial charge is 0.435 e. The van der Waals surface area contributed by atoms with Gasteiger partial charge in [0.1, 0.15) is 11.7 Å². The number of rotatable bonds is 5. The lowest BCUT2D eigenvalue weighted by Crippen LogP contribution is -2.28. The first-order valence-electron chi connectivity index (χ1n) is 8.40. The van der Waals surface area contributed by atoms with E-state index in [4.69, 9.17) is 4.52 Å². The molecule has 0 aromatic carbocycles. The standard InChI is InChI=1S/C17H17F3N6O2/c1-4-11-7-10(5-6-21-11)14-23-16(28-25-14)9(2)22-15(27)12-8-13(17(18,19)20)24-26(12)3/h5-9H,4H2,1-3H3,(H,22,27). The molecule has 1 amide bonds. The van der Waals surface area contributed by atoms with Gasteiger partial charge >= 0.3 is 6.18 Å². The van der Waals surface area contributed by atoms with Crippen LogP contribution in [0.3, 0.4) is 0 Å². The number of hydrogen-bond acceptors (Lipinski definition) is 6. The van der Waals surface area contributed by atoms with Gasteiger partial charge in [-0.15, -0.1) is 0 Å². The average Bonchev–Trinajstić information content (AvgIpc) is 3.28. The van der Waals surface area contributed by atoms with Crippen molar-refractivity contribution in [3.05, 3.63) is 47.4 Å². The van der Waals surface area contributed by atoms with Gasteiger partial charge in [-0.05, 0) is 25.5 Å². The fourth-order valence-electron chi connectivity index (χ4n) is 2.49. The molecule has 0 fully saturated rings. The molecule has 3 aromatic rings. The van der Waals surface area contributed by atoms with Crippen molar-refractivity contribution < 1.29 is 22.5 Å². The van der Waals surface area contributed by atoms with Crippen LogP contribution in [-0.2, 0) is 19.6 Å². The molecular formula is C17H17F3N6O2. The van der Waals surface area contributed by atoms with Crippen LogP contribution in [0.2, 0.25) is 0 Å². The predicted octanol–water partition coefficient (Wildman–Crippen LogP) is 2.94. The Kier molecular flexibility index (Phi) is 5.16. The SMILES string of the molecule is CCc1cc(-c2noc(C(C)NC(=O)c3cc(C(F)(F)F)nn3C)n2)ccn1. The molecule has 0 aliphatic carbocycles. The Balaban J connectivity index is 1.75. The third-order valence-electron chi connectivity index (χ3n) is 4.00. The number of hydrogen-bond donors (Lipinski definition) is 1. The maximum Gasteiger partial charge on any atom is 0.435 e. The smallest absolute Gasteiger partial charge is 0.339 e. The van der Waals surface area contributed by atoms with Gasteiger partial charge in [0, 0.05) is 30.6 Å². The summed E-state index contributed by atoms with van der Waals surface area (Å²) in [5, 5.41) is 9.73. The van der Waals surface area contributed by atoms with Crippen LogP contribution >= 0.6 is 0 Å². The third kappa shape index (κ3) is 4.02. The molecule has 0 spiro atoms. The zero-order valence-corrected chi connectivity index (χ0v) is 15.3. The first-order chi connectivity index (χ1) is 13.2. The molecule has 3 aromatic heterocycles. The number of pyridine rings is 1. The van der Waals surface area contributed by atoms with Gasteiger partial charge in [-0.2, -0.15) is 23.3 Å². The van der Waals surface area contributed by atoms with Gasteiger partial charge in [0.25, 0.3) is 5.91 Å². The topological polar surface area (TPSA) is 98.7 Å². The molecule has 1 N–H and O–H groups in total. The molecule has 0 aliphatic heterocycles. The summed E-state index contributed by atoms with van der Waals surface area (Å²) < 4.78 is 44.3. The van der Waals surface area contributed by atoms with Crippen LogP contribution < -0.4 is 5.32 Å². The van der Waals surface area contributed by atoms with Crippen molar-refractivity contribution >= 4 is 5.91 Å². The maximum absolute atomic E-state index is 12.7. The highest BCUT2D eigenvalue weighted by Crippen LogP contribution is 2.28. The Labute approximate surface area is 157 Å². The van der Waals surface area contributed by atoms with Crippen LogP contribution in [0, 0.1) is 0 Å². The maximum atomic E-state index is 12.7. The second-order valence-corrected chi connectivity index (χ2v) is 6.08. The summed E-state index contributed by atoms with van der Waals surface area (Å²) in [6, 6.07) is 3.52. The number of nitrogens with zero attached hydrogens (tertiary/aromatic N) is 5. The number of alkyl halides is 3. The number of aromatic nitrogens is 5. The molecule has 0 saturated carbocycles. The van der Waals surface area contributed by atoms with Crippen LogP contribution in [0.1, 0.15) is 47.7 Å². The summed E-state index contributed by atoms with van der Waals surface area (Å²) in [7, 11) is 1.26. The van der Waals surface area contributed by atoms with E-state index in [1.807, 2.05) is 13.0 Å². The number of halogens is 3. The molecule has 3 heterocycles. The Bertz CT molecular complexity index is 995. The molecule has 8 nitrogen and oxygen atoms in total. The molecule has 0 saturated heterocycles. The molecule has 1 unspecified atom stereocenters. The van der Waals surface area contributed by atoms with Crippen LogP contribution in [0.25, 0.3) is 11.4 Å². The predicted molar refractivity (Wildman–Crippen MR) is 91.0 cm³/mol. The van der Waals surface area contributed by atoms with E-state index in [9.17, 15) is 18.0 Å². The fraction of sp³-hybridized carbons (Fsp3) is 0.353. The summed E-state index contributed by atoms with van der Waals surface area (Å²) in [6.07, 6.45) is -2.25. The summed E-state index contributed by atoms with van der Waals surface area (Å²) >= 11 is 0. The molecular weight excluding hydrogens is 377 g/mol. The van der Waals surface area contributed by atoms with Gasteiger partial charge in [0.05, 0.1) is 0 Å². The summed E-state index contributed by atoms with van der Waals surface area (Å²) in [5.74, 6) is -0.292. The first-order valence-corrected chi connectivity index (χ1v) is 8.40. The van der Waals surface area contributed by atoms with E-state index in [1.54, 1.807) is 19.2 Å².